The van der Waals surface area contributed by atoms with Crippen molar-refractivity contribution < 1.29 is 0 Å². The van der Waals surface area contributed by atoms with Gasteiger partial charge in [0, 0.05) is 31.9 Å². The highest BCUT2D eigenvalue weighted by Crippen LogP contribution is 2.18. The lowest BCUT2D eigenvalue weighted by molar-refractivity contribution is 0.390. The van der Waals surface area contributed by atoms with Crippen molar-refractivity contribution in [2.24, 2.45) is 0 Å². The van der Waals surface area contributed by atoms with Crippen LogP contribution in [0.15, 0.2) is 24.3 Å². The predicted molar refractivity (Wildman–Crippen MR) is 89.2 cm³/mol. The maximum absolute atomic E-state index is 5.22. The van der Waals surface area contributed by atoms with Gasteiger partial charge in [-0.15, -0.1) is 0 Å². The Balaban J connectivity index is 0.000000861. The number of piperazine rings is 1. The molecule has 1 saturated heterocycles. The second kappa shape index (κ2) is 8.16. The van der Waals surface area contributed by atoms with E-state index in [1.165, 1.54) is 11.3 Å². The number of nitrogens with zero attached hydrogens (tertiary/aromatic N) is 2. The number of rotatable bonds is 2. The average molecular weight is 278 g/mol. The van der Waals surface area contributed by atoms with Crippen molar-refractivity contribution >= 4 is 22.9 Å². The zero-order valence-corrected chi connectivity index (χ0v) is 13.5. The van der Waals surface area contributed by atoms with Gasteiger partial charge in [0.15, 0.2) is 0 Å². The Hall–Kier alpha value is -1.09. The molecule has 0 spiro atoms. The van der Waals surface area contributed by atoms with E-state index in [1.54, 1.807) is 0 Å². The summed E-state index contributed by atoms with van der Waals surface area (Å²) < 4.78 is 0. The van der Waals surface area contributed by atoms with Gasteiger partial charge in [0.1, 0.15) is 0 Å². The lowest BCUT2D eigenvalue weighted by Crippen LogP contribution is -2.47. The molecule has 1 fully saturated rings. The van der Waals surface area contributed by atoms with Crippen LogP contribution in [0.1, 0.15) is 33.3 Å². The van der Waals surface area contributed by atoms with Crippen molar-refractivity contribution in [3.05, 3.63) is 29.8 Å². The summed E-state index contributed by atoms with van der Waals surface area (Å²) in [5.74, 6) is 0. The smallest absolute Gasteiger partial charge is 0.0749 e. The van der Waals surface area contributed by atoms with Crippen LogP contribution in [0, 0.1) is 0 Å². The van der Waals surface area contributed by atoms with E-state index in [9.17, 15) is 0 Å². The first-order chi connectivity index (χ1) is 9.20. The van der Waals surface area contributed by atoms with Crippen molar-refractivity contribution in [2.75, 3.05) is 31.1 Å². The fraction of sp³-hybridized carbons (Fsp3) is 0.562. The molecule has 0 radical (unpaired) electrons. The highest BCUT2D eigenvalue weighted by atomic mass is 32.1. The van der Waals surface area contributed by atoms with E-state index in [-0.39, 0.29) is 0 Å². The van der Waals surface area contributed by atoms with Crippen molar-refractivity contribution in [2.45, 2.75) is 34.1 Å². The molecule has 0 amide bonds. The van der Waals surface area contributed by atoms with Crippen LogP contribution in [0.5, 0.6) is 0 Å². The molecular weight excluding hydrogens is 252 g/mol. The molecule has 0 unspecified atom stereocenters. The van der Waals surface area contributed by atoms with Crippen molar-refractivity contribution in [1.29, 1.82) is 0 Å². The Labute approximate surface area is 123 Å². The van der Waals surface area contributed by atoms with Gasteiger partial charge in [0.25, 0.3) is 0 Å². The summed E-state index contributed by atoms with van der Waals surface area (Å²) in [6.07, 6.45) is 1.10. The van der Waals surface area contributed by atoms with Gasteiger partial charge in [-0.05, 0) is 31.0 Å². The molecule has 0 bridgehead atoms. The zero-order chi connectivity index (χ0) is 14.3. The third-order valence-corrected chi connectivity index (χ3v) is 3.67. The maximum atomic E-state index is 5.22. The van der Waals surface area contributed by atoms with E-state index in [1.807, 2.05) is 20.8 Å². The normalized spacial score (nSPS) is 14.7. The van der Waals surface area contributed by atoms with Gasteiger partial charge in [0.2, 0.25) is 0 Å². The molecule has 106 valence electrons. The maximum Gasteiger partial charge on any atom is 0.0749 e. The van der Waals surface area contributed by atoms with Gasteiger partial charge in [-0.2, -0.15) is 0 Å². The number of aryl methyl sites for hydroxylation is 1. The third kappa shape index (κ3) is 4.50. The first-order valence-electron chi connectivity index (χ1n) is 7.30. The fourth-order valence-electron chi connectivity index (χ4n) is 2.25. The van der Waals surface area contributed by atoms with Gasteiger partial charge in [0.05, 0.1) is 4.99 Å². The summed E-state index contributed by atoms with van der Waals surface area (Å²) in [6.45, 7) is 12.5. The standard InChI is InChI=1S/C14H20N2S.C2H6/c1-3-13-5-4-6-14(11-13)16-9-7-15(8-10-16)12(2)17;1-2/h4-6,11H,3,7-10H2,1-2H3;1-2H3. The largest absolute Gasteiger partial charge is 0.368 e. The van der Waals surface area contributed by atoms with Gasteiger partial charge in [-0.1, -0.05) is 45.1 Å². The first-order valence-corrected chi connectivity index (χ1v) is 7.71. The third-order valence-electron chi connectivity index (χ3n) is 3.41. The number of benzene rings is 1. The first kappa shape index (κ1) is 16.0. The second-order valence-corrected chi connectivity index (χ2v) is 5.11. The number of anilines is 1. The molecule has 0 N–H and O–H groups in total. The van der Waals surface area contributed by atoms with Crippen LogP contribution in [-0.4, -0.2) is 36.1 Å². The summed E-state index contributed by atoms with van der Waals surface area (Å²) >= 11 is 5.22. The van der Waals surface area contributed by atoms with Crippen molar-refractivity contribution in [3.63, 3.8) is 0 Å². The average Bonchev–Trinajstić information content (AvgIpc) is 2.49. The van der Waals surface area contributed by atoms with E-state index in [0.29, 0.717) is 0 Å². The minimum atomic E-state index is 1.02. The van der Waals surface area contributed by atoms with Gasteiger partial charge in [-0.3, -0.25) is 0 Å². The summed E-state index contributed by atoms with van der Waals surface area (Å²) in [5, 5.41) is 0. The predicted octanol–water partition coefficient (Wildman–Crippen LogP) is 3.74. The molecular formula is C16H26N2S. The molecule has 0 saturated carbocycles. The fourth-order valence-corrected chi connectivity index (χ4v) is 2.44. The monoisotopic (exact) mass is 278 g/mol. The molecule has 0 aromatic heterocycles. The van der Waals surface area contributed by atoms with Crippen LogP contribution < -0.4 is 4.90 Å². The van der Waals surface area contributed by atoms with Crippen LogP contribution in [0.2, 0.25) is 0 Å². The lowest BCUT2D eigenvalue weighted by Gasteiger charge is -2.37. The van der Waals surface area contributed by atoms with E-state index in [2.05, 4.69) is 41.0 Å². The van der Waals surface area contributed by atoms with Crippen LogP contribution in [-0.2, 0) is 6.42 Å². The molecule has 19 heavy (non-hydrogen) atoms. The Bertz CT molecular complexity index is 395. The minimum Gasteiger partial charge on any atom is -0.368 e. The van der Waals surface area contributed by atoms with E-state index in [0.717, 1.165) is 37.6 Å². The van der Waals surface area contributed by atoms with Crippen molar-refractivity contribution in [3.8, 4) is 0 Å². The summed E-state index contributed by atoms with van der Waals surface area (Å²) in [5.41, 5.74) is 2.77. The Morgan fingerprint density at radius 2 is 1.79 bits per heavy atom. The highest BCUT2D eigenvalue weighted by molar-refractivity contribution is 7.80. The summed E-state index contributed by atoms with van der Waals surface area (Å²) in [7, 11) is 0. The van der Waals surface area contributed by atoms with Crippen LogP contribution in [0.3, 0.4) is 0 Å². The molecule has 1 aliphatic heterocycles. The molecule has 2 rings (SSSR count). The Morgan fingerprint density at radius 3 is 2.32 bits per heavy atom. The molecule has 1 heterocycles. The van der Waals surface area contributed by atoms with Crippen LogP contribution in [0.25, 0.3) is 0 Å². The number of hydrogen-bond acceptors (Lipinski definition) is 2. The molecule has 1 aromatic rings. The molecule has 1 aliphatic rings. The second-order valence-electron chi connectivity index (χ2n) is 4.52. The quantitative estimate of drug-likeness (QED) is 0.761. The summed E-state index contributed by atoms with van der Waals surface area (Å²) in [4.78, 5) is 5.76. The molecule has 2 nitrogen and oxygen atoms in total. The number of hydrogen-bond donors (Lipinski definition) is 0. The molecule has 0 aliphatic carbocycles. The van der Waals surface area contributed by atoms with Gasteiger partial charge in [-0.25, -0.2) is 0 Å². The van der Waals surface area contributed by atoms with Gasteiger partial charge < -0.3 is 9.80 Å². The topological polar surface area (TPSA) is 6.48 Å². The Kier molecular flexibility index (Phi) is 6.85. The Morgan fingerprint density at radius 1 is 1.16 bits per heavy atom. The SMILES string of the molecule is CC.CCc1cccc(N2CCN(C(C)=S)CC2)c1. The molecule has 3 heteroatoms. The van der Waals surface area contributed by atoms with Crippen molar-refractivity contribution in [1.82, 2.24) is 4.90 Å². The van der Waals surface area contributed by atoms with E-state index in [4.69, 9.17) is 12.2 Å². The number of thiocarbonyl (C=S) groups is 1. The molecule has 1 aromatic carbocycles. The lowest BCUT2D eigenvalue weighted by atomic mass is 10.1. The van der Waals surface area contributed by atoms with Crippen LogP contribution >= 0.6 is 12.2 Å². The molecule has 0 atom stereocenters. The van der Waals surface area contributed by atoms with Gasteiger partial charge >= 0.3 is 0 Å². The highest BCUT2D eigenvalue weighted by Gasteiger charge is 2.17. The van der Waals surface area contributed by atoms with E-state index >= 15 is 0 Å². The minimum absolute atomic E-state index is 1.02. The summed E-state index contributed by atoms with van der Waals surface area (Å²) in [6, 6.07) is 8.87. The van der Waals surface area contributed by atoms with E-state index < -0.39 is 0 Å². The zero-order valence-electron chi connectivity index (χ0n) is 12.6. The van der Waals surface area contributed by atoms with Crippen LogP contribution in [0.4, 0.5) is 5.69 Å².